The molecule has 1 unspecified atom stereocenters. The molecule has 1 fully saturated rings. The molecule has 0 amide bonds. The summed E-state index contributed by atoms with van der Waals surface area (Å²) in [6.07, 6.45) is 1.52. The maximum Gasteiger partial charge on any atom is 0.348 e. The van der Waals surface area contributed by atoms with Crippen LogP contribution in [0.2, 0.25) is 0 Å². The SMILES string of the molecule is COC(=O)c1cc(OC)c(S(=O)(=O)N2CCCC2CN)s1. The average Bonchev–Trinajstić information content (AvgIpc) is 3.12. The van der Waals surface area contributed by atoms with Gasteiger partial charge in [-0.25, -0.2) is 13.2 Å². The molecular formula is C12H18N2O5S2. The average molecular weight is 334 g/mol. The highest BCUT2D eigenvalue weighted by Crippen LogP contribution is 2.38. The summed E-state index contributed by atoms with van der Waals surface area (Å²) in [6.45, 7) is 0.704. The van der Waals surface area contributed by atoms with Crippen LogP contribution in [0.3, 0.4) is 0 Å². The number of ether oxygens (including phenoxy) is 2. The summed E-state index contributed by atoms with van der Waals surface area (Å²) in [5.74, 6) is -0.431. The first kappa shape index (κ1) is 16.2. The van der Waals surface area contributed by atoms with Gasteiger partial charge in [-0.3, -0.25) is 0 Å². The zero-order valence-electron chi connectivity index (χ0n) is 11.9. The predicted octanol–water partition coefficient (Wildman–Crippen LogP) is 0.655. The van der Waals surface area contributed by atoms with E-state index in [-0.39, 0.29) is 27.4 Å². The molecule has 1 atom stereocenters. The van der Waals surface area contributed by atoms with E-state index in [1.54, 1.807) is 0 Å². The third kappa shape index (κ3) is 2.91. The molecule has 0 saturated carbocycles. The van der Waals surface area contributed by atoms with Crippen LogP contribution in [0.15, 0.2) is 10.3 Å². The first-order valence-corrected chi connectivity index (χ1v) is 8.69. The number of carbonyl (C=O) groups is 1. The lowest BCUT2D eigenvalue weighted by Gasteiger charge is -2.22. The fourth-order valence-electron chi connectivity index (χ4n) is 2.35. The van der Waals surface area contributed by atoms with Gasteiger partial charge in [0.1, 0.15) is 4.88 Å². The van der Waals surface area contributed by atoms with Gasteiger partial charge >= 0.3 is 5.97 Å². The van der Waals surface area contributed by atoms with E-state index in [1.807, 2.05) is 0 Å². The Balaban J connectivity index is 2.44. The molecule has 1 aliphatic rings. The van der Waals surface area contributed by atoms with E-state index >= 15 is 0 Å². The standard InChI is InChI=1S/C12H18N2O5S2/c1-18-9-6-10(11(15)19-2)20-12(9)21(16,17)14-5-3-4-8(14)7-13/h6,8H,3-5,7,13H2,1-2H3. The molecule has 0 bridgehead atoms. The van der Waals surface area contributed by atoms with E-state index in [2.05, 4.69) is 4.74 Å². The van der Waals surface area contributed by atoms with Crippen LogP contribution in [0.1, 0.15) is 22.5 Å². The normalized spacial score (nSPS) is 19.7. The number of nitrogens with zero attached hydrogens (tertiary/aromatic N) is 1. The number of carbonyl (C=O) groups excluding carboxylic acids is 1. The van der Waals surface area contributed by atoms with Gasteiger partial charge in [0.2, 0.25) is 0 Å². The van der Waals surface area contributed by atoms with E-state index in [4.69, 9.17) is 10.5 Å². The minimum atomic E-state index is -3.72. The summed E-state index contributed by atoms with van der Waals surface area (Å²) in [5, 5.41) is 0. The zero-order valence-corrected chi connectivity index (χ0v) is 13.5. The van der Waals surface area contributed by atoms with Crippen LogP contribution in [0.4, 0.5) is 0 Å². The van der Waals surface area contributed by atoms with Gasteiger partial charge in [-0.15, -0.1) is 11.3 Å². The van der Waals surface area contributed by atoms with Gasteiger partial charge in [0, 0.05) is 25.2 Å². The molecule has 0 aromatic carbocycles. The maximum atomic E-state index is 12.8. The van der Waals surface area contributed by atoms with E-state index < -0.39 is 16.0 Å². The summed E-state index contributed by atoms with van der Waals surface area (Å²) in [6, 6.07) is 1.18. The minimum absolute atomic E-state index is 0.0192. The third-order valence-electron chi connectivity index (χ3n) is 3.41. The Morgan fingerprint density at radius 3 is 2.81 bits per heavy atom. The lowest BCUT2D eigenvalue weighted by atomic mass is 10.2. The Bertz CT molecular complexity index is 626. The highest BCUT2D eigenvalue weighted by molar-refractivity contribution is 7.91. The number of methoxy groups -OCH3 is 2. The molecule has 2 N–H and O–H groups in total. The molecule has 1 aromatic rings. The number of thiophene rings is 1. The molecule has 1 saturated heterocycles. The first-order chi connectivity index (χ1) is 9.95. The molecular weight excluding hydrogens is 316 g/mol. The third-order valence-corrected chi connectivity index (χ3v) is 6.95. The van der Waals surface area contributed by atoms with Crippen LogP contribution in [-0.4, -0.2) is 52.0 Å². The van der Waals surface area contributed by atoms with Crippen molar-refractivity contribution in [1.29, 1.82) is 0 Å². The van der Waals surface area contributed by atoms with Gasteiger partial charge in [-0.05, 0) is 12.8 Å². The topological polar surface area (TPSA) is 98.9 Å². The zero-order chi connectivity index (χ0) is 15.6. The fraction of sp³-hybridized carbons (Fsp3) is 0.583. The number of esters is 1. The van der Waals surface area contributed by atoms with E-state index in [1.165, 1.54) is 24.6 Å². The quantitative estimate of drug-likeness (QED) is 0.794. The van der Waals surface area contributed by atoms with Crippen molar-refractivity contribution in [3.05, 3.63) is 10.9 Å². The van der Waals surface area contributed by atoms with Crippen molar-refractivity contribution in [3.63, 3.8) is 0 Å². The van der Waals surface area contributed by atoms with E-state index in [9.17, 15) is 13.2 Å². The first-order valence-electron chi connectivity index (χ1n) is 6.43. The number of rotatable bonds is 5. The van der Waals surface area contributed by atoms with Gasteiger partial charge in [-0.1, -0.05) is 0 Å². The molecule has 0 radical (unpaired) electrons. The van der Waals surface area contributed by atoms with Crippen molar-refractivity contribution in [2.75, 3.05) is 27.3 Å². The Labute approximate surface area is 127 Å². The van der Waals surface area contributed by atoms with Crippen molar-refractivity contribution in [2.45, 2.75) is 23.1 Å². The summed E-state index contributed by atoms with van der Waals surface area (Å²) < 4.78 is 36.6. The largest absolute Gasteiger partial charge is 0.494 e. The lowest BCUT2D eigenvalue weighted by molar-refractivity contribution is 0.0606. The minimum Gasteiger partial charge on any atom is -0.494 e. The van der Waals surface area contributed by atoms with Gasteiger partial charge in [0.25, 0.3) is 10.0 Å². The number of hydrogen-bond donors (Lipinski definition) is 1. The molecule has 2 heterocycles. The van der Waals surface area contributed by atoms with Crippen molar-refractivity contribution in [3.8, 4) is 5.75 Å². The Morgan fingerprint density at radius 2 is 2.24 bits per heavy atom. The molecule has 1 aromatic heterocycles. The summed E-state index contributed by atoms with van der Waals surface area (Å²) in [4.78, 5) is 11.8. The summed E-state index contributed by atoms with van der Waals surface area (Å²) in [5.41, 5.74) is 5.64. The molecule has 0 spiro atoms. The monoisotopic (exact) mass is 334 g/mol. The Morgan fingerprint density at radius 1 is 1.52 bits per heavy atom. The van der Waals surface area contributed by atoms with Gasteiger partial charge < -0.3 is 15.2 Å². The Hall–Kier alpha value is -1.16. The lowest BCUT2D eigenvalue weighted by Crippen LogP contribution is -2.39. The van der Waals surface area contributed by atoms with Gasteiger partial charge in [0.15, 0.2) is 9.96 Å². The molecule has 1 aliphatic heterocycles. The Kier molecular flexibility index (Phi) is 4.87. The predicted molar refractivity (Wildman–Crippen MR) is 78.2 cm³/mol. The number of hydrogen-bond acceptors (Lipinski definition) is 7. The van der Waals surface area contributed by atoms with Crippen molar-refractivity contribution in [1.82, 2.24) is 4.31 Å². The second kappa shape index (κ2) is 6.30. The number of sulfonamides is 1. The van der Waals surface area contributed by atoms with Crippen LogP contribution >= 0.6 is 11.3 Å². The van der Waals surface area contributed by atoms with Crippen molar-refractivity contribution >= 4 is 27.3 Å². The van der Waals surface area contributed by atoms with Crippen molar-refractivity contribution in [2.24, 2.45) is 5.73 Å². The highest BCUT2D eigenvalue weighted by atomic mass is 32.2. The molecule has 7 nitrogen and oxygen atoms in total. The van der Waals surface area contributed by atoms with E-state index in [0.717, 1.165) is 24.2 Å². The van der Waals surface area contributed by atoms with E-state index in [0.29, 0.717) is 6.54 Å². The molecule has 9 heteroatoms. The van der Waals surface area contributed by atoms with Crippen LogP contribution in [0.5, 0.6) is 5.75 Å². The summed E-state index contributed by atoms with van der Waals surface area (Å²) in [7, 11) is -1.11. The molecule has 2 rings (SSSR count). The molecule has 21 heavy (non-hydrogen) atoms. The molecule has 0 aliphatic carbocycles. The highest BCUT2D eigenvalue weighted by Gasteiger charge is 2.38. The second-order valence-corrected chi connectivity index (χ2v) is 7.74. The maximum absolute atomic E-state index is 12.8. The van der Waals surface area contributed by atoms with Crippen LogP contribution in [0.25, 0.3) is 0 Å². The number of nitrogens with two attached hydrogens (primary N) is 1. The van der Waals surface area contributed by atoms with Gasteiger partial charge in [0.05, 0.1) is 14.2 Å². The summed E-state index contributed by atoms with van der Waals surface area (Å²) >= 11 is 0.853. The fourth-order valence-corrected chi connectivity index (χ4v) is 5.66. The van der Waals surface area contributed by atoms with Crippen LogP contribution in [-0.2, 0) is 14.8 Å². The van der Waals surface area contributed by atoms with Crippen LogP contribution in [0, 0.1) is 0 Å². The van der Waals surface area contributed by atoms with Gasteiger partial charge in [-0.2, -0.15) is 4.31 Å². The van der Waals surface area contributed by atoms with Crippen molar-refractivity contribution < 1.29 is 22.7 Å². The smallest absolute Gasteiger partial charge is 0.348 e. The molecule has 118 valence electrons. The second-order valence-electron chi connectivity index (χ2n) is 4.61. The van der Waals surface area contributed by atoms with Crippen LogP contribution < -0.4 is 10.5 Å².